The van der Waals surface area contributed by atoms with Gasteiger partial charge in [-0.3, -0.25) is 9.59 Å². The number of hydrogen-bond acceptors (Lipinski definition) is 5. The highest BCUT2D eigenvalue weighted by atomic mass is 16.5. The SMILES string of the molecule is COc1ccc(N2C(=O)Cc3cc(OC)cc(OC)c3C2=O)cc1. The summed E-state index contributed by atoms with van der Waals surface area (Å²) in [6, 6.07) is 10.1. The molecule has 0 unspecified atom stereocenters. The van der Waals surface area contributed by atoms with Crippen LogP contribution in [0.5, 0.6) is 17.2 Å². The summed E-state index contributed by atoms with van der Waals surface area (Å²) in [5, 5.41) is 0. The van der Waals surface area contributed by atoms with E-state index in [1.54, 1.807) is 43.5 Å². The lowest BCUT2D eigenvalue weighted by molar-refractivity contribution is -0.117. The summed E-state index contributed by atoms with van der Waals surface area (Å²) >= 11 is 0. The third kappa shape index (κ3) is 2.56. The molecule has 0 bridgehead atoms. The molecule has 0 aliphatic carbocycles. The molecule has 0 fully saturated rings. The topological polar surface area (TPSA) is 65.1 Å². The molecule has 0 spiro atoms. The maximum Gasteiger partial charge on any atom is 0.269 e. The van der Waals surface area contributed by atoms with Crippen molar-refractivity contribution in [1.82, 2.24) is 0 Å². The summed E-state index contributed by atoms with van der Waals surface area (Å²) in [5.41, 5.74) is 1.48. The number of carbonyl (C=O) groups is 2. The van der Waals surface area contributed by atoms with E-state index in [0.717, 1.165) is 4.90 Å². The Morgan fingerprint density at radius 2 is 1.54 bits per heavy atom. The zero-order chi connectivity index (χ0) is 17.3. The molecule has 6 heteroatoms. The van der Waals surface area contributed by atoms with Crippen molar-refractivity contribution in [3.05, 3.63) is 47.5 Å². The monoisotopic (exact) mass is 327 g/mol. The van der Waals surface area contributed by atoms with Gasteiger partial charge in [0.15, 0.2) is 0 Å². The van der Waals surface area contributed by atoms with Crippen molar-refractivity contribution in [3.8, 4) is 17.2 Å². The first-order chi connectivity index (χ1) is 11.6. The van der Waals surface area contributed by atoms with Crippen molar-refractivity contribution >= 4 is 17.5 Å². The predicted molar refractivity (Wildman–Crippen MR) is 88.1 cm³/mol. The number of nitrogens with zero attached hydrogens (tertiary/aromatic N) is 1. The predicted octanol–water partition coefficient (Wildman–Crippen LogP) is 2.44. The second-order valence-electron chi connectivity index (χ2n) is 5.27. The first-order valence-electron chi connectivity index (χ1n) is 7.35. The molecule has 124 valence electrons. The van der Waals surface area contributed by atoms with E-state index >= 15 is 0 Å². The zero-order valence-corrected chi connectivity index (χ0v) is 13.7. The molecular weight excluding hydrogens is 310 g/mol. The van der Waals surface area contributed by atoms with Gasteiger partial charge < -0.3 is 14.2 Å². The first-order valence-corrected chi connectivity index (χ1v) is 7.35. The van der Waals surface area contributed by atoms with Crippen LogP contribution in [0.1, 0.15) is 15.9 Å². The van der Waals surface area contributed by atoms with Crippen LogP contribution in [0.4, 0.5) is 5.69 Å². The summed E-state index contributed by atoms with van der Waals surface area (Å²) in [6.45, 7) is 0. The standard InChI is InChI=1S/C18H17NO5/c1-22-13-6-4-12(5-7-13)19-16(20)9-11-8-14(23-2)10-15(24-3)17(11)18(19)21/h4-8,10H,9H2,1-3H3. The highest BCUT2D eigenvalue weighted by molar-refractivity contribution is 6.25. The van der Waals surface area contributed by atoms with Crippen LogP contribution in [0.25, 0.3) is 0 Å². The van der Waals surface area contributed by atoms with E-state index in [2.05, 4.69) is 0 Å². The molecule has 6 nitrogen and oxygen atoms in total. The zero-order valence-electron chi connectivity index (χ0n) is 13.7. The molecule has 0 saturated carbocycles. The Morgan fingerprint density at radius 3 is 2.12 bits per heavy atom. The number of imide groups is 1. The molecule has 2 aromatic rings. The molecule has 2 aromatic carbocycles. The van der Waals surface area contributed by atoms with Gasteiger partial charge in [-0.1, -0.05) is 0 Å². The number of ether oxygens (including phenoxy) is 3. The first kappa shape index (κ1) is 15.9. The van der Waals surface area contributed by atoms with Crippen molar-refractivity contribution in [1.29, 1.82) is 0 Å². The lowest BCUT2D eigenvalue weighted by atomic mass is 9.96. The normalized spacial score (nSPS) is 13.5. The third-order valence-electron chi connectivity index (χ3n) is 3.95. The molecule has 0 radical (unpaired) electrons. The van der Waals surface area contributed by atoms with Crippen molar-refractivity contribution < 1.29 is 23.8 Å². The Hall–Kier alpha value is -3.02. The second-order valence-corrected chi connectivity index (χ2v) is 5.27. The van der Waals surface area contributed by atoms with E-state index in [9.17, 15) is 9.59 Å². The van der Waals surface area contributed by atoms with Crippen LogP contribution >= 0.6 is 0 Å². The number of carbonyl (C=O) groups excluding carboxylic acids is 2. The molecule has 1 aliphatic heterocycles. The van der Waals surface area contributed by atoms with Crippen molar-refractivity contribution in [3.63, 3.8) is 0 Å². The van der Waals surface area contributed by atoms with E-state index in [0.29, 0.717) is 34.1 Å². The van der Waals surface area contributed by atoms with Crippen LogP contribution in [-0.2, 0) is 11.2 Å². The minimum Gasteiger partial charge on any atom is -0.497 e. The number of amides is 2. The average Bonchev–Trinajstić information content (AvgIpc) is 2.61. The van der Waals surface area contributed by atoms with Crippen LogP contribution in [0.3, 0.4) is 0 Å². The van der Waals surface area contributed by atoms with Crippen LogP contribution in [-0.4, -0.2) is 33.1 Å². The number of anilines is 1. The van der Waals surface area contributed by atoms with Gasteiger partial charge in [0.2, 0.25) is 5.91 Å². The van der Waals surface area contributed by atoms with Gasteiger partial charge in [0.25, 0.3) is 5.91 Å². The summed E-state index contributed by atoms with van der Waals surface area (Å²) in [7, 11) is 4.56. The van der Waals surface area contributed by atoms with Gasteiger partial charge in [-0.2, -0.15) is 0 Å². The molecule has 0 aromatic heterocycles. The lowest BCUT2D eigenvalue weighted by Crippen LogP contribution is -2.42. The van der Waals surface area contributed by atoms with E-state index < -0.39 is 5.91 Å². The quantitative estimate of drug-likeness (QED) is 0.807. The van der Waals surface area contributed by atoms with Gasteiger partial charge in [-0.25, -0.2) is 4.90 Å². The molecule has 0 N–H and O–H groups in total. The maximum atomic E-state index is 12.9. The Morgan fingerprint density at radius 1 is 0.875 bits per heavy atom. The summed E-state index contributed by atoms with van der Waals surface area (Å²) in [6.07, 6.45) is 0.0979. The maximum absolute atomic E-state index is 12.9. The Kier molecular flexibility index (Phi) is 4.12. The Labute approximate surface area is 139 Å². The largest absolute Gasteiger partial charge is 0.497 e. The minimum absolute atomic E-state index is 0.0979. The number of fused-ring (bicyclic) bond motifs is 1. The van der Waals surface area contributed by atoms with Gasteiger partial charge in [0.1, 0.15) is 17.2 Å². The average molecular weight is 327 g/mol. The fourth-order valence-corrected chi connectivity index (χ4v) is 2.77. The molecule has 2 amide bonds. The molecule has 1 heterocycles. The Bertz CT molecular complexity index is 798. The highest BCUT2D eigenvalue weighted by Crippen LogP contribution is 2.35. The fraction of sp³-hybridized carbons (Fsp3) is 0.222. The van der Waals surface area contributed by atoms with Crippen molar-refractivity contribution in [2.24, 2.45) is 0 Å². The van der Waals surface area contributed by atoms with E-state index in [1.165, 1.54) is 14.2 Å². The van der Waals surface area contributed by atoms with Crippen molar-refractivity contribution in [2.75, 3.05) is 26.2 Å². The van der Waals surface area contributed by atoms with Crippen LogP contribution < -0.4 is 19.1 Å². The molecule has 1 aliphatic rings. The van der Waals surface area contributed by atoms with Gasteiger partial charge in [-0.15, -0.1) is 0 Å². The van der Waals surface area contributed by atoms with E-state index in [-0.39, 0.29) is 12.3 Å². The van der Waals surface area contributed by atoms with Gasteiger partial charge >= 0.3 is 0 Å². The number of methoxy groups -OCH3 is 3. The number of rotatable bonds is 4. The van der Waals surface area contributed by atoms with Crippen LogP contribution in [0.15, 0.2) is 36.4 Å². The number of benzene rings is 2. The molecule has 24 heavy (non-hydrogen) atoms. The third-order valence-corrected chi connectivity index (χ3v) is 3.95. The smallest absolute Gasteiger partial charge is 0.269 e. The fourth-order valence-electron chi connectivity index (χ4n) is 2.77. The minimum atomic E-state index is -0.411. The molecule has 3 rings (SSSR count). The molecule has 0 saturated heterocycles. The van der Waals surface area contributed by atoms with Gasteiger partial charge in [0, 0.05) is 6.07 Å². The van der Waals surface area contributed by atoms with Gasteiger partial charge in [-0.05, 0) is 35.9 Å². The summed E-state index contributed by atoms with van der Waals surface area (Å²) < 4.78 is 15.6. The second kappa shape index (κ2) is 6.23. The van der Waals surface area contributed by atoms with Gasteiger partial charge in [0.05, 0.1) is 39.0 Å². The van der Waals surface area contributed by atoms with Crippen LogP contribution in [0, 0.1) is 0 Å². The van der Waals surface area contributed by atoms with Crippen molar-refractivity contribution in [2.45, 2.75) is 6.42 Å². The summed E-state index contributed by atoms with van der Waals surface area (Å²) in [4.78, 5) is 26.6. The summed E-state index contributed by atoms with van der Waals surface area (Å²) in [5.74, 6) is 0.877. The highest BCUT2D eigenvalue weighted by Gasteiger charge is 2.35. The Balaban J connectivity index is 2.07. The molecule has 0 atom stereocenters. The van der Waals surface area contributed by atoms with E-state index in [4.69, 9.17) is 14.2 Å². The van der Waals surface area contributed by atoms with E-state index in [1.807, 2.05) is 0 Å². The lowest BCUT2D eigenvalue weighted by Gasteiger charge is -2.28. The molecular formula is C18H17NO5. The van der Waals surface area contributed by atoms with Crippen LogP contribution in [0.2, 0.25) is 0 Å². The number of hydrogen-bond donors (Lipinski definition) is 0.